The van der Waals surface area contributed by atoms with Crippen molar-refractivity contribution < 1.29 is 22.1 Å². The van der Waals surface area contributed by atoms with Gasteiger partial charge in [0.25, 0.3) is 5.91 Å². The second kappa shape index (κ2) is 11.2. The molecular weight excluding hydrogens is 452 g/mol. The fraction of sp³-hybridized carbons (Fsp3) is 0.154. The number of aryl methyl sites for hydroxylation is 1. The van der Waals surface area contributed by atoms with Crippen molar-refractivity contribution in [3.63, 3.8) is 0 Å². The number of amides is 1. The highest BCUT2D eigenvalue weighted by Crippen LogP contribution is 2.32. The number of benzene rings is 3. The number of carbonyl (C=O) groups excluding carboxylic acids is 1. The van der Waals surface area contributed by atoms with Gasteiger partial charge in [-0.2, -0.15) is 13.7 Å². The molecule has 7 nitrogen and oxygen atoms in total. The van der Waals surface area contributed by atoms with Crippen molar-refractivity contribution in [1.82, 2.24) is 5.32 Å². The molecule has 3 rings (SSSR count). The van der Waals surface area contributed by atoms with E-state index in [9.17, 15) is 18.5 Å². The Bertz CT molecular complexity index is 1330. The molecule has 3 aromatic carbocycles. The highest BCUT2D eigenvalue weighted by molar-refractivity contribution is 7.87. The minimum absolute atomic E-state index is 0.00612. The van der Waals surface area contributed by atoms with E-state index in [1.54, 1.807) is 25.1 Å². The molecular formula is C26H24N2O5S. The molecule has 0 aliphatic carbocycles. The van der Waals surface area contributed by atoms with Crippen LogP contribution in [0, 0.1) is 18.3 Å². The molecule has 3 aromatic rings. The average molecular weight is 477 g/mol. The van der Waals surface area contributed by atoms with Crippen molar-refractivity contribution in [2.75, 3.05) is 6.61 Å². The molecule has 34 heavy (non-hydrogen) atoms. The second-order valence-electron chi connectivity index (χ2n) is 7.33. The Labute approximate surface area is 199 Å². The van der Waals surface area contributed by atoms with E-state index in [4.69, 9.17) is 8.92 Å². The number of nitrogens with zero attached hydrogens (tertiary/aromatic N) is 1. The fourth-order valence-corrected chi connectivity index (χ4v) is 3.95. The van der Waals surface area contributed by atoms with E-state index in [-0.39, 0.29) is 35.1 Å². The van der Waals surface area contributed by atoms with Gasteiger partial charge >= 0.3 is 10.1 Å². The van der Waals surface area contributed by atoms with Crippen molar-refractivity contribution in [2.24, 2.45) is 0 Å². The summed E-state index contributed by atoms with van der Waals surface area (Å²) in [5.41, 5.74) is 2.21. The van der Waals surface area contributed by atoms with Crippen molar-refractivity contribution in [3.05, 3.63) is 95.1 Å². The number of hydrogen-bond acceptors (Lipinski definition) is 6. The van der Waals surface area contributed by atoms with Crippen LogP contribution in [0.1, 0.15) is 23.6 Å². The van der Waals surface area contributed by atoms with Gasteiger partial charge in [-0.1, -0.05) is 54.1 Å². The number of ether oxygens (including phenoxy) is 1. The van der Waals surface area contributed by atoms with E-state index in [0.717, 1.165) is 11.1 Å². The summed E-state index contributed by atoms with van der Waals surface area (Å²) in [6.07, 6.45) is 1.40. The monoisotopic (exact) mass is 476 g/mol. The minimum atomic E-state index is -4.07. The van der Waals surface area contributed by atoms with Crippen LogP contribution in [0.25, 0.3) is 6.08 Å². The lowest BCUT2D eigenvalue weighted by molar-refractivity contribution is -0.117. The Kier molecular flexibility index (Phi) is 8.06. The molecule has 1 amide bonds. The zero-order chi connectivity index (χ0) is 24.6. The molecule has 0 bridgehead atoms. The standard InChI is InChI=1S/C26H24N2O5S/c1-3-32-25-16-21(15-22(17-27)26(29)28-18-20-7-5-4-6-8-20)11-14-24(25)33-34(30,31)23-12-9-19(2)10-13-23/h4-16H,3,18H2,1-2H3,(H,28,29)/b22-15+. The Morgan fingerprint density at radius 2 is 1.74 bits per heavy atom. The van der Waals surface area contributed by atoms with Gasteiger partial charge in [-0.05, 0) is 55.3 Å². The van der Waals surface area contributed by atoms with E-state index in [2.05, 4.69) is 5.32 Å². The predicted octanol–water partition coefficient (Wildman–Crippen LogP) is 4.38. The zero-order valence-electron chi connectivity index (χ0n) is 18.8. The topological polar surface area (TPSA) is 105 Å². The lowest BCUT2D eigenvalue weighted by atomic mass is 10.1. The van der Waals surface area contributed by atoms with Crippen molar-refractivity contribution in [1.29, 1.82) is 5.26 Å². The SMILES string of the molecule is CCOc1cc(/C=C(\C#N)C(=O)NCc2ccccc2)ccc1OS(=O)(=O)c1ccc(C)cc1. The molecule has 0 spiro atoms. The number of rotatable bonds is 9. The Morgan fingerprint density at radius 1 is 1.03 bits per heavy atom. The highest BCUT2D eigenvalue weighted by atomic mass is 32.2. The van der Waals surface area contributed by atoms with Gasteiger partial charge in [-0.3, -0.25) is 4.79 Å². The molecule has 0 aliphatic rings. The van der Waals surface area contributed by atoms with E-state index >= 15 is 0 Å². The van der Waals surface area contributed by atoms with E-state index in [1.165, 1.54) is 30.3 Å². The summed E-state index contributed by atoms with van der Waals surface area (Å²) in [5, 5.41) is 12.2. The van der Waals surface area contributed by atoms with Gasteiger partial charge in [0.1, 0.15) is 16.5 Å². The van der Waals surface area contributed by atoms with Crippen molar-refractivity contribution >= 4 is 22.1 Å². The van der Waals surface area contributed by atoms with Crippen LogP contribution in [-0.4, -0.2) is 20.9 Å². The van der Waals surface area contributed by atoms with Crippen LogP contribution in [0.2, 0.25) is 0 Å². The van der Waals surface area contributed by atoms with Gasteiger partial charge in [0, 0.05) is 6.54 Å². The number of nitrogens with one attached hydrogen (secondary N) is 1. The third-order valence-corrected chi connectivity index (χ3v) is 6.00. The van der Waals surface area contributed by atoms with Gasteiger partial charge < -0.3 is 14.2 Å². The molecule has 0 saturated carbocycles. The van der Waals surface area contributed by atoms with Crippen LogP contribution in [-0.2, 0) is 21.5 Å². The Hall–Kier alpha value is -4.09. The predicted molar refractivity (Wildman–Crippen MR) is 128 cm³/mol. The number of carbonyl (C=O) groups is 1. The summed E-state index contributed by atoms with van der Waals surface area (Å²) in [7, 11) is -4.07. The zero-order valence-corrected chi connectivity index (χ0v) is 19.6. The number of nitriles is 1. The van der Waals surface area contributed by atoms with Gasteiger partial charge in [-0.15, -0.1) is 0 Å². The molecule has 0 radical (unpaired) electrons. The first-order valence-corrected chi connectivity index (χ1v) is 11.9. The Balaban J connectivity index is 1.81. The first kappa shape index (κ1) is 24.6. The maximum absolute atomic E-state index is 12.7. The van der Waals surface area contributed by atoms with Crippen LogP contribution in [0.5, 0.6) is 11.5 Å². The molecule has 0 aliphatic heterocycles. The normalized spacial score (nSPS) is 11.4. The van der Waals surface area contributed by atoms with Crippen LogP contribution in [0.3, 0.4) is 0 Å². The summed E-state index contributed by atoms with van der Waals surface area (Å²) in [4.78, 5) is 12.5. The third kappa shape index (κ3) is 6.47. The largest absolute Gasteiger partial charge is 0.490 e. The maximum Gasteiger partial charge on any atom is 0.339 e. The molecule has 0 atom stereocenters. The molecule has 0 saturated heterocycles. The summed E-state index contributed by atoms with van der Waals surface area (Å²) in [6, 6.07) is 22.0. The number of hydrogen-bond donors (Lipinski definition) is 1. The lowest BCUT2D eigenvalue weighted by Crippen LogP contribution is -2.23. The molecule has 174 valence electrons. The average Bonchev–Trinajstić information content (AvgIpc) is 2.83. The molecule has 0 fully saturated rings. The molecule has 0 aromatic heterocycles. The summed E-state index contributed by atoms with van der Waals surface area (Å²) < 4.78 is 36.2. The molecule has 0 unspecified atom stereocenters. The quantitative estimate of drug-likeness (QED) is 0.279. The van der Waals surface area contributed by atoms with Gasteiger partial charge in [0.2, 0.25) is 0 Å². The maximum atomic E-state index is 12.7. The van der Waals surface area contributed by atoms with E-state index in [1.807, 2.05) is 43.3 Å². The van der Waals surface area contributed by atoms with Gasteiger partial charge in [0.05, 0.1) is 6.61 Å². The summed E-state index contributed by atoms with van der Waals surface area (Å²) >= 11 is 0. The first-order chi connectivity index (χ1) is 16.3. The van der Waals surface area contributed by atoms with Crippen LogP contribution in [0.4, 0.5) is 0 Å². The van der Waals surface area contributed by atoms with Crippen molar-refractivity contribution in [3.8, 4) is 17.6 Å². The van der Waals surface area contributed by atoms with Crippen molar-refractivity contribution in [2.45, 2.75) is 25.3 Å². The smallest absolute Gasteiger partial charge is 0.339 e. The molecule has 1 N–H and O–H groups in total. The fourth-order valence-electron chi connectivity index (χ4n) is 3.01. The highest BCUT2D eigenvalue weighted by Gasteiger charge is 2.19. The summed E-state index contributed by atoms with van der Waals surface area (Å²) in [5.74, 6) is -0.341. The molecule has 8 heteroatoms. The summed E-state index contributed by atoms with van der Waals surface area (Å²) in [6.45, 7) is 4.15. The van der Waals surface area contributed by atoms with Gasteiger partial charge in [0.15, 0.2) is 11.5 Å². The van der Waals surface area contributed by atoms with Crippen LogP contribution >= 0.6 is 0 Å². The molecule has 0 heterocycles. The first-order valence-electron chi connectivity index (χ1n) is 10.5. The van der Waals surface area contributed by atoms with Crippen LogP contribution in [0.15, 0.2) is 83.3 Å². The van der Waals surface area contributed by atoms with Crippen LogP contribution < -0.4 is 14.2 Å². The minimum Gasteiger partial charge on any atom is -0.490 e. The van der Waals surface area contributed by atoms with E-state index in [0.29, 0.717) is 5.56 Å². The third-order valence-electron chi connectivity index (χ3n) is 4.75. The second-order valence-corrected chi connectivity index (χ2v) is 8.87. The lowest BCUT2D eigenvalue weighted by Gasteiger charge is -2.13. The Morgan fingerprint density at radius 3 is 2.38 bits per heavy atom. The van der Waals surface area contributed by atoms with E-state index < -0.39 is 16.0 Å². The van der Waals surface area contributed by atoms with Gasteiger partial charge in [-0.25, -0.2) is 0 Å².